The number of rotatable bonds is 7. The normalized spacial score (nSPS) is 10.2. The highest BCUT2D eigenvalue weighted by Gasteiger charge is 2.11. The second-order valence-corrected chi connectivity index (χ2v) is 4.87. The van der Waals surface area contributed by atoms with Crippen LogP contribution in [-0.4, -0.2) is 26.7 Å². The van der Waals surface area contributed by atoms with E-state index in [0.29, 0.717) is 30.2 Å². The number of carbonyl (C=O) groups excluding carboxylic acids is 1. The highest BCUT2D eigenvalue weighted by Crippen LogP contribution is 2.23. The van der Waals surface area contributed by atoms with Crippen molar-refractivity contribution in [3.05, 3.63) is 53.6 Å². The quantitative estimate of drug-likeness (QED) is 0.849. The third-order valence-electron chi connectivity index (χ3n) is 3.25. The number of benzene rings is 2. The number of hydrogen-bond donors (Lipinski definition) is 1. The number of methoxy groups -OCH3 is 2. The Labute approximate surface area is 136 Å². The van der Waals surface area contributed by atoms with E-state index in [9.17, 15) is 4.79 Å². The smallest absolute Gasteiger partial charge is 0.255 e. The first-order valence-corrected chi connectivity index (χ1v) is 7.38. The van der Waals surface area contributed by atoms with E-state index >= 15 is 0 Å². The summed E-state index contributed by atoms with van der Waals surface area (Å²) in [5, 5.41) is 2.85. The maximum absolute atomic E-state index is 12.4. The van der Waals surface area contributed by atoms with E-state index in [1.165, 1.54) is 0 Å². The third-order valence-corrected chi connectivity index (χ3v) is 3.25. The molecule has 1 amide bonds. The number of ether oxygens (including phenoxy) is 3. The number of anilines is 1. The minimum atomic E-state index is -0.196. The van der Waals surface area contributed by atoms with Crippen LogP contribution in [0.5, 0.6) is 11.5 Å². The Hall–Kier alpha value is -2.53. The molecular weight excluding hydrogens is 294 g/mol. The molecule has 5 nitrogen and oxygen atoms in total. The lowest BCUT2D eigenvalue weighted by molar-refractivity contribution is 0.102. The van der Waals surface area contributed by atoms with E-state index in [0.717, 1.165) is 11.3 Å². The molecule has 0 spiro atoms. The molecule has 1 N–H and O–H groups in total. The highest BCUT2D eigenvalue weighted by atomic mass is 16.5. The number of nitrogens with one attached hydrogen (secondary N) is 1. The molecule has 0 aliphatic carbocycles. The van der Waals surface area contributed by atoms with Crippen molar-refractivity contribution >= 4 is 11.6 Å². The van der Waals surface area contributed by atoms with Crippen LogP contribution in [-0.2, 0) is 11.3 Å². The summed E-state index contributed by atoms with van der Waals surface area (Å²) in [4.78, 5) is 12.4. The number of carbonyl (C=O) groups is 1. The topological polar surface area (TPSA) is 56.8 Å². The van der Waals surface area contributed by atoms with Crippen LogP contribution in [0.15, 0.2) is 42.5 Å². The molecule has 0 atom stereocenters. The fourth-order valence-electron chi connectivity index (χ4n) is 2.19. The number of hydrogen-bond acceptors (Lipinski definition) is 4. The predicted octanol–water partition coefficient (Wildman–Crippen LogP) is 3.49. The van der Waals surface area contributed by atoms with Crippen LogP contribution < -0.4 is 14.8 Å². The summed E-state index contributed by atoms with van der Waals surface area (Å²) in [5.41, 5.74) is 2.06. The summed E-state index contributed by atoms with van der Waals surface area (Å²) >= 11 is 0. The summed E-state index contributed by atoms with van der Waals surface area (Å²) in [5.74, 6) is 1.22. The van der Waals surface area contributed by atoms with E-state index in [1.807, 2.05) is 25.1 Å². The van der Waals surface area contributed by atoms with Gasteiger partial charge < -0.3 is 19.5 Å². The molecule has 23 heavy (non-hydrogen) atoms. The summed E-state index contributed by atoms with van der Waals surface area (Å²) in [6.07, 6.45) is 0. The molecule has 0 aromatic heterocycles. The Morgan fingerprint density at radius 1 is 1.13 bits per heavy atom. The van der Waals surface area contributed by atoms with Gasteiger partial charge in [-0.15, -0.1) is 0 Å². The lowest BCUT2D eigenvalue weighted by Gasteiger charge is -2.12. The van der Waals surface area contributed by atoms with Crippen LogP contribution in [0.3, 0.4) is 0 Å². The number of amides is 1. The molecule has 0 aliphatic rings. The van der Waals surface area contributed by atoms with E-state index < -0.39 is 0 Å². The minimum absolute atomic E-state index is 0.196. The monoisotopic (exact) mass is 315 g/mol. The average molecular weight is 315 g/mol. The Balaban J connectivity index is 2.19. The minimum Gasteiger partial charge on any atom is -0.497 e. The standard InChI is InChI=1S/C18H21NO4/c1-4-23-17-9-8-13(10-14(17)12-21-2)18(20)19-15-6-5-7-16(11-15)22-3/h5-11H,4,12H2,1-3H3,(H,19,20). The highest BCUT2D eigenvalue weighted by molar-refractivity contribution is 6.04. The molecule has 0 fully saturated rings. The zero-order valence-corrected chi connectivity index (χ0v) is 13.6. The van der Waals surface area contributed by atoms with E-state index in [2.05, 4.69) is 5.32 Å². The first-order chi connectivity index (χ1) is 11.2. The van der Waals surface area contributed by atoms with Gasteiger partial charge in [0.2, 0.25) is 0 Å². The van der Waals surface area contributed by atoms with Crippen molar-refractivity contribution in [2.45, 2.75) is 13.5 Å². The average Bonchev–Trinajstić information content (AvgIpc) is 2.57. The van der Waals surface area contributed by atoms with Gasteiger partial charge in [-0.1, -0.05) is 6.07 Å². The maximum Gasteiger partial charge on any atom is 0.255 e. The van der Waals surface area contributed by atoms with E-state index in [-0.39, 0.29) is 5.91 Å². The second kappa shape index (κ2) is 8.19. The second-order valence-electron chi connectivity index (χ2n) is 4.87. The molecule has 0 saturated heterocycles. The summed E-state index contributed by atoms with van der Waals surface area (Å²) in [6.45, 7) is 2.86. The third kappa shape index (κ3) is 4.47. The van der Waals surface area contributed by atoms with Gasteiger partial charge in [0.25, 0.3) is 5.91 Å². The zero-order chi connectivity index (χ0) is 16.7. The molecule has 0 radical (unpaired) electrons. The van der Waals surface area contributed by atoms with Crippen LogP contribution in [0, 0.1) is 0 Å². The largest absolute Gasteiger partial charge is 0.497 e. The van der Waals surface area contributed by atoms with E-state index in [4.69, 9.17) is 14.2 Å². The maximum atomic E-state index is 12.4. The van der Waals surface area contributed by atoms with Gasteiger partial charge in [-0.3, -0.25) is 4.79 Å². The Morgan fingerprint density at radius 2 is 1.96 bits per heavy atom. The van der Waals surface area contributed by atoms with Gasteiger partial charge in [0.05, 0.1) is 20.3 Å². The molecule has 2 rings (SSSR count). The molecule has 0 saturated carbocycles. The first kappa shape index (κ1) is 16.8. The molecule has 0 heterocycles. The van der Waals surface area contributed by atoms with Gasteiger partial charge in [0, 0.05) is 30.0 Å². The van der Waals surface area contributed by atoms with Gasteiger partial charge in [0.15, 0.2) is 0 Å². The lowest BCUT2D eigenvalue weighted by atomic mass is 10.1. The predicted molar refractivity (Wildman–Crippen MR) is 89.3 cm³/mol. The molecule has 0 aliphatic heterocycles. The van der Waals surface area contributed by atoms with Crippen molar-refractivity contribution in [2.24, 2.45) is 0 Å². The van der Waals surface area contributed by atoms with Crippen molar-refractivity contribution < 1.29 is 19.0 Å². The van der Waals surface area contributed by atoms with Crippen LogP contribution in [0.25, 0.3) is 0 Å². The molecule has 2 aromatic carbocycles. The van der Waals surface area contributed by atoms with Crippen LogP contribution in [0.1, 0.15) is 22.8 Å². The van der Waals surface area contributed by atoms with Crippen molar-refractivity contribution in [1.82, 2.24) is 0 Å². The van der Waals surface area contributed by atoms with Crippen LogP contribution >= 0.6 is 0 Å². The molecule has 122 valence electrons. The Kier molecular flexibility index (Phi) is 6.00. The summed E-state index contributed by atoms with van der Waals surface area (Å²) in [7, 11) is 3.20. The van der Waals surface area contributed by atoms with Gasteiger partial charge in [-0.25, -0.2) is 0 Å². The van der Waals surface area contributed by atoms with Gasteiger partial charge in [-0.2, -0.15) is 0 Å². The molecule has 5 heteroatoms. The fourth-order valence-corrected chi connectivity index (χ4v) is 2.19. The van der Waals surface area contributed by atoms with E-state index in [1.54, 1.807) is 38.5 Å². The van der Waals surface area contributed by atoms with Crippen molar-refractivity contribution in [1.29, 1.82) is 0 Å². The zero-order valence-electron chi connectivity index (χ0n) is 13.6. The lowest BCUT2D eigenvalue weighted by Crippen LogP contribution is -2.12. The van der Waals surface area contributed by atoms with Crippen LogP contribution in [0.4, 0.5) is 5.69 Å². The molecule has 0 unspecified atom stereocenters. The van der Waals surface area contributed by atoms with Gasteiger partial charge in [0.1, 0.15) is 11.5 Å². The Morgan fingerprint density at radius 3 is 2.65 bits per heavy atom. The van der Waals surface area contributed by atoms with Crippen molar-refractivity contribution in [3.63, 3.8) is 0 Å². The fraction of sp³-hybridized carbons (Fsp3) is 0.278. The summed E-state index contributed by atoms with van der Waals surface area (Å²) < 4.78 is 15.9. The molecule has 0 bridgehead atoms. The van der Waals surface area contributed by atoms with Crippen LogP contribution in [0.2, 0.25) is 0 Å². The summed E-state index contributed by atoms with van der Waals surface area (Å²) in [6, 6.07) is 12.5. The molecule has 2 aromatic rings. The van der Waals surface area contributed by atoms with Crippen molar-refractivity contribution in [2.75, 3.05) is 26.1 Å². The van der Waals surface area contributed by atoms with Crippen molar-refractivity contribution in [3.8, 4) is 11.5 Å². The Bertz CT molecular complexity index is 670. The van der Waals surface area contributed by atoms with Gasteiger partial charge >= 0.3 is 0 Å². The SMILES string of the molecule is CCOc1ccc(C(=O)Nc2cccc(OC)c2)cc1COC. The van der Waals surface area contributed by atoms with Gasteiger partial charge in [-0.05, 0) is 37.3 Å². The molecular formula is C18H21NO4. The first-order valence-electron chi connectivity index (χ1n) is 7.38.